The minimum Gasteiger partial charge on any atom is -0.351 e. The van der Waals surface area contributed by atoms with Gasteiger partial charge in [-0.25, -0.2) is 0 Å². The Balaban J connectivity index is 2.56. The van der Waals surface area contributed by atoms with Crippen molar-refractivity contribution >= 4 is 33.6 Å². The van der Waals surface area contributed by atoms with E-state index in [9.17, 15) is 4.79 Å². The molecule has 2 nitrogen and oxygen atoms in total. The molecule has 0 radical (unpaired) electrons. The lowest BCUT2D eigenvalue weighted by Gasteiger charge is -2.22. The maximum absolute atomic E-state index is 12.1. The fraction of sp³-hybridized carbons (Fsp3) is 0.533. The molecule has 0 aliphatic heterocycles. The van der Waals surface area contributed by atoms with Gasteiger partial charge in [0.1, 0.15) is 0 Å². The molecule has 0 bridgehead atoms. The number of thioether (sulfide) groups is 1. The van der Waals surface area contributed by atoms with Crippen LogP contribution in [0.15, 0.2) is 29.2 Å². The second-order valence-electron chi connectivity index (χ2n) is 5.77. The van der Waals surface area contributed by atoms with E-state index in [4.69, 9.17) is 0 Å². The van der Waals surface area contributed by atoms with Crippen molar-refractivity contribution in [3.05, 3.63) is 29.8 Å². The van der Waals surface area contributed by atoms with Crippen molar-refractivity contribution in [2.45, 2.75) is 36.9 Å². The number of halogens is 1. The van der Waals surface area contributed by atoms with Crippen LogP contribution in [0.5, 0.6) is 0 Å². The summed E-state index contributed by atoms with van der Waals surface area (Å²) in [4.78, 5) is 13.5. The van der Waals surface area contributed by atoms with Crippen LogP contribution in [0.2, 0.25) is 0 Å². The van der Waals surface area contributed by atoms with E-state index in [1.807, 2.05) is 30.5 Å². The predicted octanol–water partition coefficient (Wildman–Crippen LogP) is 4.34. The van der Waals surface area contributed by atoms with Crippen LogP contribution >= 0.6 is 27.7 Å². The van der Waals surface area contributed by atoms with E-state index in [0.717, 1.165) is 16.9 Å². The highest BCUT2D eigenvalue weighted by atomic mass is 79.9. The standard InChI is InChI=1S/C15H22BrNOS/c1-15(2,3)9-11(16)10-17-14(18)12-7-5-6-8-13(12)19-4/h5-8,11H,9-10H2,1-4H3,(H,17,18). The zero-order valence-electron chi connectivity index (χ0n) is 12.0. The van der Waals surface area contributed by atoms with Crippen molar-refractivity contribution in [1.82, 2.24) is 5.32 Å². The van der Waals surface area contributed by atoms with Crippen LogP contribution in [-0.2, 0) is 0 Å². The number of nitrogens with one attached hydrogen (secondary N) is 1. The van der Waals surface area contributed by atoms with Crippen molar-refractivity contribution in [1.29, 1.82) is 0 Å². The highest BCUT2D eigenvalue weighted by Gasteiger charge is 2.18. The SMILES string of the molecule is CSc1ccccc1C(=O)NCC(Br)CC(C)(C)C. The third-order valence-corrected chi connectivity index (χ3v) is 4.11. The molecule has 1 N–H and O–H groups in total. The number of hydrogen-bond donors (Lipinski definition) is 1. The molecular weight excluding hydrogens is 322 g/mol. The number of rotatable bonds is 5. The summed E-state index contributed by atoms with van der Waals surface area (Å²) in [5.74, 6) is 0.00306. The van der Waals surface area contributed by atoms with Crippen LogP contribution in [0.3, 0.4) is 0 Å². The van der Waals surface area contributed by atoms with Crippen molar-refractivity contribution in [2.24, 2.45) is 5.41 Å². The number of carbonyl (C=O) groups is 1. The molecule has 0 aromatic heterocycles. The van der Waals surface area contributed by atoms with Crippen molar-refractivity contribution < 1.29 is 4.79 Å². The molecule has 0 spiro atoms. The highest BCUT2D eigenvalue weighted by Crippen LogP contribution is 2.24. The Morgan fingerprint density at radius 2 is 2.00 bits per heavy atom. The average Bonchev–Trinajstić information content (AvgIpc) is 2.33. The number of carbonyl (C=O) groups excluding carboxylic acids is 1. The van der Waals surface area contributed by atoms with Gasteiger partial charge in [-0.3, -0.25) is 4.79 Å². The quantitative estimate of drug-likeness (QED) is 0.636. The number of benzene rings is 1. The van der Waals surface area contributed by atoms with E-state index < -0.39 is 0 Å². The maximum atomic E-state index is 12.1. The first-order valence-corrected chi connectivity index (χ1v) is 8.53. The second kappa shape index (κ2) is 7.34. The number of hydrogen-bond acceptors (Lipinski definition) is 2. The Morgan fingerprint density at radius 3 is 2.58 bits per heavy atom. The van der Waals surface area contributed by atoms with Crippen LogP contribution < -0.4 is 5.32 Å². The lowest BCUT2D eigenvalue weighted by Crippen LogP contribution is -2.31. The summed E-state index contributed by atoms with van der Waals surface area (Å²) in [6.07, 6.45) is 3.01. The van der Waals surface area contributed by atoms with Gasteiger partial charge in [-0.15, -0.1) is 11.8 Å². The summed E-state index contributed by atoms with van der Waals surface area (Å²) in [6.45, 7) is 7.25. The van der Waals surface area contributed by atoms with E-state index in [2.05, 4.69) is 42.0 Å². The van der Waals surface area contributed by atoms with Gasteiger partial charge in [0.25, 0.3) is 5.91 Å². The second-order valence-corrected chi connectivity index (χ2v) is 7.92. The first-order valence-electron chi connectivity index (χ1n) is 6.39. The van der Waals surface area contributed by atoms with Crippen molar-refractivity contribution in [3.8, 4) is 0 Å². The molecule has 0 aliphatic carbocycles. The smallest absolute Gasteiger partial charge is 0.252 e. The number of alkyl halides is 1. The van der Waals surface area contributed by atoms with Crippen LogP contribution in [0.1, 0.15) is 37.6 Å². The van der Waals surface area contributed by atoms with E-state index in [0.29, 0.717) is 11.4 Å². The van der Waals surface area contributed by atoms with Gasteiger partial charge >= 0.3 is 0 Å². The van der Waals surface area contributed by atoms with Gasteiger partial charge in [0.05, 0.1) is 5.56 Å². The molecule has 0 saturated heterocycles. The van der Waals surface area contributed by atoms with Gasteiger partial charge in [0.15, 0.2) is 0 Å². The fourth-order valence-corrected chi connectivity index (χ4v) is 3.60. The lowest BCUT2D eigenvalue weighted by atomic mass is 9.90. The summed E-state index contributed by atoms with van der Waals surface area (Å²) in [5, 5.41) is 3.00. The van der Waals surface area contributed by atoms with Gasteiger partial charge in [-0.1, -0.05) is 48.8 Å². The molecule has 1 aromatic carbocycles. The monoisotopic (exact) mass is 343 g/mol. The molecule has 1 rings (SSSR count). The Hall–Kier alpha value is -0.480. The van der Waals surface area contributed by atoms with E-state index in [1.54, 1.807) is 11.8 Å². The molecule has 1 amide bonds. The first-order chi connectivity index (χ1) is 8.83. The highest BCUT2D eigenvalue weighted by molar-refractivity contribution is 9.09. The minimum absolute atomic E-state index is 0.00306. The molecule has 0 heterocycles. The van der Waals surface area contributed by atoms with Gasteiger partial charge in [-0.2, -0.15) is 0 Å². The molecule has 1 atom stereocenters. The molecule has 0 fully saturated rings. The lowest BCUT2D eigenvalue weighted by molar-refractivity contribution is 0.0949. The van der Waals surface area contributed by atoms with E-state index >= 15 is 0 Å². The number of amides is 1. The van der Waals surface area contributed by atoms with Gasteiger partial charge < -0.3 is 5.32 Å². The molecule has 1 aromatic rings. The Kier molecular flexibility index (Phi) is 6.40. The Bertz CT molecular complexity index is 428. The first kappa shape index (κ1) is 16.6. The van der Waals surface area contributed by atoms with Gasteiger partial charge in [0.2, 0.25) is 0 Å². The maximum Gasteiger partial charge on any atom is 0.252 e. The van der Waals surface area contributed by atoms with Crippen molar-refractivity contribution in [3.63, 3.8) is 0 Å². The third kappa shape index (κ3) is 6.00. The average molecular weight is 344 g/mol. The molecular formula is C15H22BrNOS. The fourth-order valence-electron chi connectivity index (χ4n) is 1.87. The molecule has 4 heteroatoms. The summed E-state index contributed by atoms with van der Waals surface area (Å²) >= 11 is 5.23. The Morgan fingerprint density at radius 1 is 1.37 bits per heavy atom. The topological polar surface area (TPSA) is 29.1 Å². The molecule has 19 heavy (non-hydrogen) atoms. The normalized spacial score (nSPS) is 13.1. The molecule has 0 saturated carbocycles. The summed E-state index contributed by atoms with van der Waals surface area (Å²) < 4.78 is 0. The molecule has 0 aliphatic rings. The van der Waals surface area contributed by atoms with Crippen LogP contribution in [0, 0.1) is 5.41 Å². The summed E-state index contributed by atoms with van der Waals surface area (Å²) in [5.41, 5.74) is 1.02. The minimum atomic E-state index is 0.00306. The largest absolute Gasteiger partial charge is 0.351 e. The summed E-state index contributed by atoms with van der Waals surface area (Å²) in [6, 6.07) is 7.69. The van der Waals surface area contributed by atoms with Crippen LogP contribution in [-0.4, -0.2) is 23.5 Å². The van der Waals surface area contributed by atoms with E-state index in [1.165, 1.54) is 0 Å². The zero-order valence-corrected chi connectivity index (χ0v) is 14.4. The molecule has 1 unspecified atom stereocenters. The van der Waals surface area contributed by atoms with Gasteiger partial charge in [0, 0.05) is 16.3 Å². The summed E-state index contributed by atoms with van der Waals surface area (Å²) in [7, 11) is 0. The molecule has 106 valence electrons. The van der Waals surface area contributed by atoms with Crippen LogP contribution in [0.25, 0.3) is 0 Å². The predicted molar refractivity (Wildman–Crippen MR) is 87.3 cm³/mol. The van der Waals surface area contributed by atoms with Gasteiger partial charge in [-0.05, 0) is 30.2 Å². The van der Waals surface area contributed by atoms with Crippen molar-refractivity contribution in [2.75, 3.05) is 12.8 Å². The third-order valence-electron chi connectivity index (χ3n) is 2.67. The Labute approximate surface area is 128 Å². The van der Waals surface area contributed by atoms with Crippen LogP contribution in [0.4, 0.5) is 0 Å². The zero-order chi connectivity index (χ0) is 14.5. The van der Waals surface area contributed by atoms with E-state index in [-0.39, 0.29) is 11.3 Å².